The van der Waals surface area contributed by atoms with Crippen LogP contribution in [0, 0.1) is 0 Å². The second-order valence-corrected chi connectivity index (χ2v) is 18.4. The Bertz CT molecular complexity index is 1310. The minimum absolute atomic E-state index is 0.0406. The van der Waals surface area contributed by atoms with Crippen LogP contribution in [0.25, 0.3) is 0 Å². The van der Waals surface area contributed by atoms with E-state index in [0.29, 0.717) is 19.3 Å². The summed E-state index contributed by atoms with van der Waals surface area (Å²) in [6, 6.07) is -0.724. The molecular weight excluding hydrogens is 815 g/mol. The minimum atomic E-state index is -0.808. The Balaban J connectivity index is 4.65. The monoisotopic (exact) mass is 918 g/mol. The van der Waals surface area contributed by atoms with E-state index in [2.05, 4.69) is 68.6 Å². The number of hydrogen-bond donors (Lipinski definition) is 3. The van der Waals surface area contributed by atoms with Crippen LogP contribution in [0.4, 0.5) is 0 Å². The van der Waals surface area contributed by atoms with Crippen LogP contribution in [-0.2, 0) is 14.3 Å². The van der Waals surface area contributed by atoms with Crippen LogP contribution < -0.4 is 5.32 Å². The second kappa shape index (κ2) is 52.7. The van der Waals surface area contributed by atoms with Crippen LogP contribution in [-0.4, -0.2) is 46.9 Å². The lowest BCUT2D eigenvalue weighted by Gasteiger charge is -2.24. The summed E-state index contributed by atoms with van der Waals surface area (Å²) in [6.45, 7) is 6.30. The first-order chi connectivity index (χ1) is 32.5. The maximum absolute atomic E-state index is 13.2. The van der Waals surface area contributed by atoms with Crippen LogP contribution in [0.15, 0.2) is 97.2 Å². The lowest BCUT2D eigenvalue weighted by Crippen LogP contribution is -2.46. The SMILES string of the molecule is CC\C=C/C=C/C=C/C=C\C=C\C=C\CCCCCC(=O)OC(CCCCCC/C=C/C=C/CCCCC)CC(=O)NC(CO)C(O)CCCCCCCCCCCCCCCCCCC. The molecular formula is C60H103NO5. The molecule has 66 heavy (non-hydrogen) atoms. The van der Waals surface area contributed by atoms with Gasteiger partial charge in [0.25, 0.3) is 0 Å². The summed E-state index contributed by atoms with van der Waals surface area (Å²) in [7, 11) is 0. The van der Waals surface area contributed by atoms with Crippen LogP contribution in [0.3, 0.4) is 0 Å². The number of rotatable bonds is 48. The van der Waals surface area contributed by atoms with Gasteiger partial charge in [-0.15, -0.1) is 0 Å². The first-order valence-electron chi connectivity index (χ1n) is 27.6. The third-order valence-corrected chi connectivity index (χ3v) is 12.1. The number of ether oxygens (including phenoxy) is 1. The highest BCUT2D eigenvalue weighted by molar-refractivity contribution is 5.77. The fourth-order valence-corrected chi connectivity index (χ4v) is 7.92. The van der Waals surface area contributed by atoms with Gasteiger partial charge in [0.15, 0.2) is 0 Å². The summed E-state index contributed by atoms with van der Waals surface area (Å²) in [6.07, 6.45) is 70.3. The van der Waals surface area contributed by atoms with Crippen molar-refractivity contribution in [3.63, 3.8) is 0 Å². The molecule has 6 nitrogen and oxygen atoms in total. The Morgan fingerprint density at radius 1 is 0.455 bits per heavy atom. The molecule has 0 aliphatic rings. The molecule has 0 aliphatic carbocycles. The van der Waals surface area contributed by atoms with Crippen LogP contribution in [0.5, 0.6) is 0 Å². The van der Waals surface area contributed by atoms with Gasteiger partial charge in [-0.3, -0.25) is 9.59 Å². The van der Waals surface area contributed by atoms with Crippen LogP contribution >= 0.6 is 0 Å². The number of hydrogen-bond acceptors (Lipinski definition) is 5. The summed E-state index contributed by atoms with van der Waals surface area (Å²) < 4.78 is 5.91. The molecule has 0 bridgehead atoms. The molecule has 0 aromatic rings. The van der Waals surface area contributed by atoms with E-state index in [1.807, 2.05) is 54.7 Å². The second-order valence-electron chi connectivity index (χ2n) is 18.4. The van der Waals surface area contributed by atoms with Crippen molar-refractivity contribution in [2.75, 3.05) is 6.61 Å². The van der Waals surface area contributed by atoms with Gasteiger partial charge in [-0.25, -0.2) is 0 Å². The Kier molecular flexibility index (Phi) is 50.2. The van der Waals surface area contributed by atoms with Crippen molar-refractivity contribution < 1.29 is 24.5 Å². The maximum Gasteiger partial charge on any atom is 0.306 e. The molecule has 0 saturated heterocycles. The Labute approximate surface area is 407 Å². The molecule has 3 N–H and O–H groups in total. The van der Waals surface area contributed by atoms with Crippen molar-refractivity contribution >= 4 is 11.9 Å². The lowest BCUT2D eigenvalue weighted by atomic mass is 10.0. The van der Waals surface area contributed by atoms with E-state index in [4.69, 9.17) is 4.74 Å². The Morgan fingerprint density at radius 2 is 0.818 bits per heavy atom. The van der Waals surface area contributed by atoms with Crippen LogP contribution in [0.1, 0.15) is 245 Å². The normalized spacial score (nSPS) is 14.0. The average Bonchev–Trinajstić information content (AvgIpc) is 3.31. The first-order valence-corrected chi connectivity index (χ1v) is 27.6. The molecule has 0 aliphatic heterocycles. The van der Waals surface area contributed by atoms with E-state index in [-0.39, 0.29) is 24.9 Å². The summed E-state index contributed by atoms with van der Waals surface area (Å²) in [4.78, 5) is 26.2. The Morgan fingerprint density at radius 3 is 1.29 bits per heavy atom. The molecule has 0 heterocycles. The highest BCUT2D eigenvalue weighted by Crippen LogP contribution is 2.18. The topological polar surface area (TPSA) is 95.9 Å². The highest BCUT2D eigenvalue weighted by Gasteiger charge is 2.24. The quantitative estimate of drug-likeness (QED) is 0.0321. The summed E-state index contributed by atoms with van der Waals surface area (Å²) in [5, 5.41) is 23.8. The van der Waals surface area contributed by atoms with E-state index < -0.39 is 18.2 Å². The van der Waals surface area contributed by atoms with Gasteiger partial charge < -0.3 is 20.3 Å². The van der Waals surface area contributed by atoms with Gasteiger partial charge >= 0.3 is 5.97 Å². The first kappa shape index (κ1) is 62.8. The van der Waals surface area contributed by atoms with E-state index in [1.165, 1.54) is 109 Å². The molecule has 0 fully saturated rings. The van der Waals surface area contributed by atoms with E-state index in [0.717, 1.165) is 89.9 Å². The molecule has 3 atom stereocenters. The van der Waals surface area contributed by atoms with Crippen molar-refractivity contribution in [1.29, 1.82) is 0 Å². The van der Waals surface area contributed by atoms with Gasteiger partial charge in [0.2, 0.25) is 5.91 Å². The number of nitrogens with one attached hydrogen (secondary N) is 1. The zero-order chi connectivity index (χ0) is 48.1. The van der Waals surface area contributed by atoms with E-state index in [1.54, 1.807) is 0 Å². The molecule has 6 heteroatoms. The number of carbonyl (C=O) groups is 2. The van der Waals surface area contributed by atoms with Gasteiger partial charge in [-0.1, -0.05) is 259 Å². The molecule has 0 aromatic heterocycles. The average molecular weight is 918 g/mol. The summed E-state index contributed by atoms with van der Waals surface area (Å²) in [5.74, 6) is -0.549. The van der Waals surface area contributed by atoms with E-state index >= 15 is 0 Å². The van der Waals surface area contributed by atoms with Gasteiger partial charge in [0, 0.05) is 6.42 Å². The highest BCUT2D eigenvalue weighted by atomic mass is 16.5. The van der Waals surface area contributed by atoms with Gasteiger partial charge in [0.05, 0.1) is 25.2 Å². The number of esters is 1. The zero-order valence-electron chi connectivity index (χ0n) is 43.0. The molecule has 0 aromatic carbocycles. The molecule has 1 amide bonds. The molecule has 0 rings (SSSR count). The predicted octanol–water partition coefficient (Wildman–Crippen LogP) is 16.9. The standard InChI is InChI=1S/C60H103NO5/c1-4-7-10-13-16-19-22-25-27-29-31-34-37-40-43-46-49-52-58(63)57(55-62)61-59(64)54-56(51-48-45-42-39-36-33-24-21-18-15-12-9-6-3)66-60(65)53-50-47-44-41-38-35-32-30-28-26-23-20-17-14-11-8-5-2/h8,11,14,17-18,20-21,23-24,26,28,30,32-33,35,38,56-58,62-63H,4-7,9-10,12-13,15-16,19,22,25,27,29,31,34,36-37,39-55H2,1-3H3,(H,61,64)/b11-8-,17-14+,21-18+,23-20+,28-26-,32-30+,33-24+,38-35+. The number of allylic oxidation sites excluding steroid dienone is 16. The fraction of sp³-hybridized carbons (Fsp3) is 0.700. The number of aliphatic hydroxyl groups excluding tert-OH is 2. The number of amides is 1. The predicted molar refractivity (Wildman–Crippen MR) is 287 cm³/mol. The number of unbranched alkanes of at least 4 members (excludes halogenated alkanes) is 26. The molecule has 0 spiro atoms. The van der Waals surface area contributed by atoms with E-state index in [9.17, 15) is 19.8 Å². The van der Waals surface area contributed by atoms with Gasteiger partial charge in [0.1, 0.15) is 6.10 Å². The van der Waals surface area contributed by atoms with Crippen molar-refractivity contribution in [2.24, 2.45) is 0 Å². The lowest BCUT2D eigenvalue weighted by molar-refractivity contribution is -0.151. The van der Waals surface area contributed by atoms with Crippen molar-refractivity contribution in [3.05, 3.63) is 97.2 Å². The molecule has 3 unspecified atom stereocenters. The van der Waals surface area contributed by atoms with Gasteiger partial charge in [-0.2, -0.15) is 0 Å². The molecule has 0 radical (unpaired) electrons. The Hall–Kier alpha value is -3.22. The van der Waals surface area contributed by atoms with Crippen LogP contribution in [0.2, 0.25) is 0 Å². The molecule has 378 valence electrons. The van der Waals surface area contributed by atoms with Crippen molar-refractivity contribution in [1.82, 2.24) is 5.32 Å². The molecule has 0 saturated carbocycles. The maximum atomic E-state index is 13.2. The third kappa shape index (κ3) is 47.3. The summed E-state index contributed by atoms with van der Waals surface area (Å²) >= 11 is 0. The largest absolute Gasteiger partial charge is 0.462 e. The number of carbonyl (C=O) groups excluding carboxylic acids is 2. The summed E-state index contributed by atoms with van der Waals surface area (Å²) in [5.41, 5.74) is 0. The minimum Gasteiger partial charge on any atom is -0.462 e. The van der Waals surface area contributed by atoms with Gasteiger partial charge in [-0.05, 0) is 70.6 Å². The zero-order valence-corrected chi connectivity index (χ0v) is 43.0. The fourth-order valence-electron chi connectivity index (χ4n) is 7.92. The van der Waals surface area contributed by atoms with Crippen molar-refractivity contribution in [2.45, 2.75) is 264 Å². The smallest absolute Gasteiger partial charge is 0.306 e. The van der Waals surface area contributed by atoms with Crippen molar-refractivity contribution in [3.8, 4) is 0 Å². The third-order valence-electron chi connectivity index (χ3n) is 12.1. The number of aliphatic hydroxyl groups is 2.